The van der Waals surface area contributed by atoms with Crippen molar-refractivity contribution in [1.29, 1.82) is 0 Å². The average molecular weight is 328 g/mol. The third-order valence-electron chi connectivity index (χ3n) is 3.70. The van der Waals surface area contributed by atoms with E-state index in [1.165, 1.54) is 18.9 Å². The van der Waals surface area contributed by atoms with Crippen LogP contribution in [0.5, 0.6) is 0 Å². The van der Waals surface area contributed by atoms with Gasteiger partial charge in [-0.25, -0.2) is 13.6 Å². The lowest BCUT2D eigenvalue weighted by atomic mass is 10.0. The maximum Gasteiger partial charge on any atom is 0.315 e. The molecule has 1 fully saturated rings. The predicted octanol–water partition coefficient (Wildman–Crippen LogP) is 2.11. The van der Waals surface area contributed by atoms with Gasteiger partial charge in [0.15, 0.2) is 11.6 Å². The quantitative estimate of drug-likeness (QED) is 0.640. The van der Waals surface area contributed by atoms with Crippen LogP contribution in [-0.4, -0.2) is 36.9 Å². The number of carbonyl (C=O) groups is 1. The molecule has 1 aromatic carbocycles. The fourth-order valence-electron chi connectivity index (χ4n) is 2.09. The van der Waals surface area contributed by atoms with Crippen molar-refractivity contribution in [3.05, 3.63) is 35.4 Å². The Hall–Kier alpha value is -1.73. The van der Waals surface area contributed by atoms with Crippen LogP contribution >= 0.6 is 0 Å². The van der Waals surface area contributed by atoms with Crippen LogP contribution in [0.1, 0.15) is 31.4 Å². The molecule has 1 aromatic rings. The molecule has 7 heteroatoms. The van der Waals surface area contributed by atoms with E-state index in [9.17, 15) is 18.7 Å². The van der Waals surface area contributed by atoms with E-state index >= 15 is 0 Å². The van der Waals surface area contributed by atoms with Gasteiger partial charge in [-0.2, -0.15) is 0 Å². The molecule has 0 aromatic heterocycles. The lowest BCUT2D eigenvalue weighted by Crippen LogP contribution is -2.44. The number of aliphatic hydroxyl groups is 1. The molecule has 5 nitrogen and oxygen atoms in total. The summed E-state index contributed by atoms with van der Waals surface area (Å²) in [6.07, 6.45) is 1.29. The van der Waals surface area contributed by atoms with Gasteiger partial charge in [0.2, 0.25) is 0 Å². The lowest BCUT2D eigenvalue weighted by molar-refractivity contribution is 0.123. The molecule has 1 saturated carbocycles. The number of rotatable bonds is 8. The second kappa shape index (κ2) is 8.21. The van der Waals surface area contributed by atoms with Crippen LogP contribution in [0.2, 0.25) is 0 Å². The highest BCUT2D eigenvalue weighted by Gasteiger charge is 2.21. The summed E-state index contributed by atoms with van der Waals surface area (Å²) in [5, 5.41) is 15.2. The molecule has 2 unspecified atom stereocenters. The Balaban J connectivity index is 1.69. The summed E-state index contributed by atoms with van der Waals surface area (Å²) in [4.78, 5) is 11.7. The Kier molecular flexibility index (Phi) is 6.29. The van der Waals surface area contributed by atoms with Crippen LogP contribution in [0.4, 0.5) is 13.6 Å². The van der Waals surface area contributed by atoms with E-state index in [1.807, 2.05) is 0 Å². The van der Waals surface area contributed by atoms with Crippen molar-refractivity contribution < 1.29 is 23.4 Å². The van der Waals surface area contributed by atoms with E-state index < -0.39 is 29.8 Å². The van der Waals surface area contributed by atoms with E-state index in [1.54, 1.807) is 6.92 Å². The number of aliphatic hydroxyl groups excluding tert-OH is 1. The van der Waals surface area contributed by atoms with Gasteiger partial charge < -0.3 is 20.5 Å². The first-order chi connectivity index (χ1) is 11.0. The Morgan fingerprint density at radius 3 is 2.78 bits per heavy atom. The van der Waals surface area contributed by atoms with Crippen molar-refractivity contribution in [2.75, 3.05) is 19.8 Å². The number of halogens is 2. The summed E-state index contributed by atoms with van der Waals surface area (Å²) in [6, 6.07) is 2.03. The molecule has 0 spiro atoms. The van der Waals surface area contributed by atoms with E-state index in [-0.39, 0.29) is 5.56 Å². The molecule has 0 bridgehead atoms. The number of nitrogens with one attached hydrogen (secondary N) is 2. The third-order valence-corrected chi connectivity index (χ3v) is 3.70. The number of hydrogen-bond donors (Lipinski definition) is 3. The van der Waals surface area contributed by atoms with Crippen molar-refractivity contribution in [2.24, 2.45) is 5.92 Å². The van der Waals surface area contributed by atoms with E-state index in [0.717, 1.165) is 18.7 Å². The molecular formula is C16H22F2N2O3. The minimum Gasteiger partial charge on any atom is -0.386 e. The first kappa shape index (κ1) is 17.6. The molecule has 3 N–H and O–H groups in total. The molecule has 0 radical (unpaired) electrons. The number of urea groups is 1. The molecule has 23 heavy (non-hydrogen) atoms. The summed E-state index contributed by atoms with van der Waals surface area (Å²) in [6.45, 7) is 3.11. The van der Waals surface area contributed by atoms with Crippen LogP contribution in [0, 0.1) is 17.6 Å². The number of amides is 2. The van der Waals surface area contributed by atoms with Gasteiger partial charge in [0.25, 0.3) is 0 Å². The minimum absolute atomic E-state index is 0.199. The summed E-state index contributed by atoms with van der Waals surface area (Å²) >= 11 is 0. The lowest BCUT2D eigenvalue weighted by Gasteiger charge is -2.21. The Morgan fingerprint density at radius 2 is 2.13 bits per heavy atom. The van der Waals surface area contributed by atoms with Crippen LogP contribution in [-0.2, 0) is 4.74 Å². The summed E-state index contributed by atoms with van der Waals surface area (Å²) < 4.78 is 31.4. The van der Waals surface area contributed by atoms with Gasteiger partial charge in [0.05, 0.1) is 18.8 Å². The van der Waals surface area contributed by atoms with Crippen molar-refractivity contribution in [3.8, 4) is 0 Å². The zero-order chi connectivity index (χ0) is 16.8. The van der Waals surface area contributed by atoms with E-state index in [4.69, 9.17) is 4.74 Å². The normalized spacial score (nSPS) is 16.7. The van der Waals surface area contributed by atoms with Crippen molar-refractivity contribution in [2.45, 2.75) is 31.9 Å². The van der Waals surface area contributed by atoms with Gasteiger partial charge in [-0.1, -0.05) is 6.07 Å². The van der Waals surface area contributed by atoms with Gasteiger partial charge in [0.1, 0.15) is 0 Å². The van der Waals surface area contributed by atoms with Crippen molar-refractivity contribution >= 4 is 6.03 Å². The standard InChI is InChI=1S/C16H22F2N2O3/c1-10(15(21)12-4-5-13(17)14(18)8-12)20-16(22)19-6-7-23-9-11-2-3-11/h4-5,8,10-11,15,21H,2-3,6-7,9H2,1H3,(H2,19,20,22). The average Bonchev–Trinajstić information content (AvgIpc) is 3.33. The molecule has 0 heterocycles. The van der Waals surface area contributed by atoms with Crippen LogP contribution in [0.15, 0.2) is 18.2 Å². The molecule has 0 aliphatic heterocycles. The number of hydrogen-bond acceptors (Lipinski definition) is 3. The van der Waals surface area contributed by atoms with Crippen molar-refractivity contribution in [3.63, 3.8) is 0 Å². The number of benzene rings is 1. The molecule has 128 valence electrons. The second-order valence-corrected chi connectivity index (χ2v) is 5.83. The van der Waals surface area contributed by atoms with Gasteiger partial charge in [-0.3, -0.25) is 0 Å². The largest absolute Gasteiger partial charge is 0.386 e. The predicted molar refractivity (Wildman–Crippen MR) is 80.9 cm³/mol. The first-order valence-electron chi connectivity index (χ1n) is 7.72. The van der Waals surface area contributed by atoms with Gasteiger partial charge in [-0.05, 0) is 43.4 Å². The Morgan fingerprint density at radius 1 is 1.39 bits per heavy atom. The summed E-state index contributed by atoms with van der Waals surface area (Å²) in [5.41, 5.74) is 0.199. The van der Waals surface area contributed by atoms with Crippen LogP contribution < -0.4 is 10.6 Å². The third kappa shape index (κ3) is 5.76. The fraction of sp³-hybridized carbons (Fsp3) is 0.562. The van der Waals surface area contributed by atoms with Gasteiger partial charge in [0, 0.05) is 13.2 Å². The number of ether oxygens (including phenoxy) is 1. The first-order valence-corrected chi connectivity index (χ1v) is 7.72. The highest BCUT2D eigenvalue weighted by atomic mass is 19.2. The molecular weight excluding hydrogens is 306 g/mol. The minimum atomic E-state index is -1.14. The highest BCUT2D eigenvalue weighted by Crippen LogP contribution is 2.28. The summed E-state index contributed by atoms with van der Waals surface area (Å²) in [7, 11) is 0. The van der Waals surface area contributed by atoms with E-state index in [2.05, 4.69) is 10.6 Å². The Labute approximate surface area is 134 Å². The zero-order valence-corrected chi connectivity index (χ0v) is 13.0. The maximum absolute atomic E-state index is 13.2. The molecule has 2 atom stereocenters. The molecule has 0 saturated heterocycles. The maximum atomic E-state index is 13.2. The topological polar surface area (TPSA) is 70.6 Å². The fourth-order valence-corrected chi connectivity index (χ4v) is 2.09. The van der Waals surface area contributed by atoms with Crippen molar-refractivity contribution in [1.82, 2.24) is 10.6 Å². The highest BCUT2D eigenvalue weighted by molar-refractivity contribution is 5.74. The molecule has 2 rings (SSSR count). The van der Waals surface area contributed by atoms with Crippen LogP contribution in [0.25, 0.3) is 0 Å². The second-order valence-electron chi connectivity index (χ2n) is 5.83. The Bertz CT molecular complexity index is 538. The molecule has 1 aliphatic rings. The SMILES string of the molecule is CC(NC(=O)NCCOCC1CC1)C(O)c1ccc(F)c(F)c1. The number of carbonyl (C=O) groups excluding carboxylic acids is 1. The van der Waals surface area contributed by atoms with Gasteiger partial charge >= 0.3 is 6.03 Å². The van der Waals surface area contributed by atoms with Gasteiger partial charge in [-0.15, -0.1) is 0 Å². The van der Waals surface area contributed by atoms with Crippen LogP contribution in [0.3, 0.4) is 0 Å². The molecule has 2 amide bonds. The zero-order valence-electron chi connectivity index (χ0n) is 13.0. The van der Waals surface area contributed by atoms with E-state index in [0.29, 0.717) is 19.1 Å². The summed E-state index contributed by atoms with van der Waals surface area (Å²) in [5.74, 6) is -1.34. The molecule has 1 aliphatic carbocycles. The monoisotopic (exact) mass is 328 g/mol. The smallest absolute Gasteiger partial charge is 0.315 e.